The van der Waals surface area contributed by atoms with Crippen LogP contribution in [0.3, 0.4) is 0 Å². The summed E-state index contributed by atoms with van der Waals surface area (Å²) in [4.78, 5) is 10.9. The highest BCUT2D eigenvalue weighted by atomic mass is 32.2. The third kappa shape index (κ3) is 4.25. The number of anilines is 1. The maximum Gasteiger partial charge on any atom is 0.264 e. The quantitative estimate of drug-likeness (QED) is 0.681. The lowest BCUT2D eigenvalue weighted by Gasteiger charge is -2.07. The van der Waals surface area contributed by atoms with Crippen molar-refractivity contribution in [3.63, 3.8) is 0 Å². The molecule has 0 saturated heterocycles. The summed E-state index contributed by atoms with van der Waals surface area (Å²) in [7, 11) is -3.84. The summed E-state index contributed by atoms with van der Waals surface area (Å²) in [5.41, 5.74) is 1.50. The lowest BCUT2D eigenvalue weighted by molar-refractivity contribution is -0.117. The molecule has 0 spiro atoms. The maximum atomic E-state index is 11.9. The molecule has 0 unspecified atom stereocenters. The van der Waals surface area contributed by atoms with Gasteiger partial charge in [0, 0.05) is 18.2 Å². The largest absolute Gasteiger partial charge is 0.419 e. The predicted molar refractivity (Wildman–Crippen MR) is 94.5 cm³/mol. The van der Waals surface area contributed by atoms with E-state index < -0.39 is 15.9 Å². The number of hydrogen-bond acceptors (Lipinski definition) is 7. The Bertz CT molecular complexity index is 999. The van der Waals surface area contributed by atoms with Crippen LogP contribution in [0.1, 0.15) is 12.8 Å². The van der Waals surface area contributed by atoms with Gasteiger partial charge in [-0.3, -0.25) is 4.79 Å². The number of carbonyl (C=O) groups is 1. The van der Waals surface area contributed by atoms with Gasteiger partial charge in [0.25, 0.3) is 10.0 Å². The molecule has 2 aromatic carbocycles. The van der Waals surface area contributed by atoms with Gasteiger partial charge in [-0.1, -0.05) is 18.2 Å². The highest BCUT2D eigenvalue weighted by molar-refractivity contribution is 7.90. The Kier molecular flexibility index (Phi) is 4.99. The van der Waals surface area contributed by atoms with E-state index in [1.165, 1.54) is 12.1 Å². The summed E-state index contributed by atoms with van der Waals surface area (Å²) in [5.74, 6) is 0.191. The first-order valence-corrected chi connectivity index (χ1v) is 9.17. The molecule has 3 rings (SSSR count). The Labute approximate surface area is 150 Å². The molecule has 0 aliphatic carbocycles. The van der Waals surface area contributed by atoms with Gasteiger partial charge in [0.2, 0.25) is 17.7 Å². The molecule has 0 saturated carbocycles. The molecule has 3 aromatic rings. The summed E-state index contributed by atoms with van der Waals surface area (Å²) in [5, 5.41) is 11.0. The van der Waals surface area contributed by atoms with Crippen molar-refractivity contribution >= 4 is 21.6 Å². The lowest BCUT2D eigenvalue weighted by Crippen LogP contribution is -2.28. The predicted octanol–water partition coefficient (Wildman–Crippen LogP) is 2.17. The number of hydrogen-bond donors (Lipinski definition) is 2. The fourth-order valence-electron chi connectivity index (χ4n) is 2.20. The van der Waals surface area contributed by atoms with Gasteiger partial charge in [-0.2, -0.15) is 0 Å². The van der Waals surface area contributed by atoms with E-state index >= 15 is 0 Å². The van der Waals surface area contributed by atoms with Crippen LogP contribution >= 0.6 is 0 Å². The first-order valence-electron chi connectivity index (χ1n) is 7.69. The zero-order valence-corrected chi connectivity index (χ0v) is 14.7. The molecule has 0 bridgehead atoms. The number of nitrogens with one attached hydrogen (secondary N) is 2. The van der Waals surface area contributed by atoms with E-state index in [4.69, 9.17) is 4.42 Å². The number of amides is 1. The minimum Gasteiger partial charge on any atom is -0.419 e. The second-order valence-electron chi connectivity index (χ2n) is 5.41. The fraction of sp³-hybridized carbons (Fsp3) is 0.118. The number of benzene rings is 2. The number of carbonyl (C=O) groups excluding carboxylic acids is 1. The molecule has 2 N–H and O–H groups in total. The maximum absolute atomic E-state index is 11.9. The highest BCUT2D eigenvalue weighted by Gasteiger charge is 2.15. The molecule has 9 heteroatoms. The Balaban J connectivity index is 1.64. The van der Waals surface area contributed by atoms with Gasteiger partial charge < -0.3 is 9.73 Å². The van der Waals surface area contributed by atoms with Gasteiger partial charge in [0.15, 0.2) is 0 Å². The van der Waals surface area contributed by atoms with Crippen LogP contribution in [-0.2, 0) is 21.4 Å². The monoisotopic (exact) mass is 372 g/mol. The second-order valence-corrected chi connectivity index (χ2v) is 7.09. The van der Waals surface area contributed by atoms with Crippen LogP contribution in [0.15, 0.2) is 63.9 Å². The minimum absolute atomic E-state index is 0.00223. The fourth-order valence-corrected chi connectivity index (χ4v) is 3.19. The van der Waals surface area contributed by atoms with Crippen LogP contribution in [0.2, 0.25) is 0 Å². The molecule has 8 nitrogen and oxygen atoms in total. The summed E-state index contributed by atoms with van der Waals surface area (Å²) in [6.45, 7) is 1.43. The summed E-state index contributed by atoms with van der Waals surface area (Å²) in [6, 6.07) is 15.4. The van der Waals surface area contributed by atoms with Crippen molar-refractivity contribution in [2.75, 3.05) is 5.32 Å². The molecule has 0 aliphatic heterocycles. The van der Waals surface area contributed by atoms with Crippen molar-refractivity contribution in [3.05, 3.63) is 60.5 Å². The molecule has 0 fully saturated rings. The standard InChI is InChI=1S/C17H16N4O4S/c1-12(22)21-26(23,24)15-9-7-14(8-10-15)18-11-16-19-20-17(25-16)13-5-3-2-4-6-13/h2-10,18H,11H2,1H3,(H,21,22). The lowest BCUT2D eigenvalue weighted by atomic mass is 10.2. The Morgan fingerprint density at radius 3 is 2.38 bits per heavy atom. The minimum atomic E-state index is -3.84. The van der Waals surface area contributed by atoms with E-state index in [0.29, 0.717) is 17.5 Å². The van der Waals surface area contributed by atoms with E-state index in [1.807, 2.05) is 35.1 Å². The third-order valence-electron chi connectivity index (χ3n) is 3.37. The summed E-state index contributed by atoms with van der Waals surface area (Å²) >= 11 is 0. The highest BCUT2D eigenvalue weighted by Crippen LogP contribution is 2.18. The zero-order valence-electron chi connectivity index (χ0n) is 13.8. The van der Waals surface area contributed by atoms with Crippen molar-refractivity contribution in [2.24, 2.45) is 0 Å². The van der Waals surface area contributed by atoms with Crippen molar-refractivity contribution in [2.45, 2.75) is 18.4 Å². The number of rotatable bonds is 6. The van der Waals surface area contributed by atoms with Crippen molar-refractivity contribution < 1.29 is 17.6 Å². The molecular weight excluding hydrogens is 356 g/mol. The van der Waals surface area contributed by atoms with Gasteiger partial charge in [-0.15, -0.1) is 10.2 Å². The van der Waals surface area contributed by atoms with E-state index in [1.54, 1.807) is 12.1 Å². The van der Waals surface area contributed by atoms with Crippen LogP contribution in [0.4, 0.5) is 5.69 Å². The van der Waals surface area contributed by atoms with Gasteiger partial charge in [0.05, 0.1) is 11.4 Å². The first-order chi connectivity index (χ1) is 12.4. The SMILES string of the molecule is CC(=O)NS(=O)(=O)c1ccc(NCc2nnc(-c3ccccc3)o2)cc1. The average Bonchev–Trinajstić information content (AvgIpc) is 3.09. The molecule has 1 amide bonds. The molecule has 1 heterocycles. The average molecular weight is 372 g/mol. The van der Waals surface area contributed by atoms with Crippen LogP contribution in [0, 0.1) is 0 Å². The van der Waals surface area contributed by atoms with Gasteiger partial charge in [-0.25, -0.2) is 13.1 Å². The Hall–Kier alpha value is -3.20. The normalized spacial score (nSPS) is 11.1. The molecule has 0 radical (unpaired) electrons. The van der Waals surface area contributed by atoms with Crippen molar-refractivity contribution in [1.82, 2.24) is 14.9 Å². The molecule has 26 heavy (non-hydrogen) atoms. The number of nitrogens with zero attached hydrogens (tertiary/aromatic N) is 2. The van der Waals surface area contributed by atoms with E-state index in [-0.39, 0.29) is 11.4 Å². The van der Waals surface area contributed by atoms with Crippen LogP contribution in [0.25, 0.3) is 11.5 Å². The molecule has 0 atom stereocenters. The van der Waals surface area contributed by atoms with Gasteiger partial charge >= 0.3 is 0 Å². The zero-order chi connectivity index (χ0) is 18.6. The molecular formula is C17H16N4O4S. The van der Waals surface area contributed by atoms with Crippen LogP contribution in [0.5, 0.6) is 0 Å². The Morgan fingerprint density at radius 1 is 1.04 bits per heavy atom. The first kappa shape index (κ1) is 17.6. The smallest absolute Gasteiger partial charge is 0.264 e. The topological polar surface area (TPSA) is 114 Å². The van der Waals surface area contributed by atoms with Gasteiger partial charge in [0.1, 0.15) is 0 Å². The third-order valence-corrected chi connectivity index (χ3v) is 4.82. The van der Waals surface area contributed by atoms with Gasteiger partial charge in [-0.05, 0) is 36.4 Å². The van der Waals surface area contributed by atoms with E-state index in [0.717, 1.165) is 12.5 Å². The molecule has 134 valence electrons. The molecule has 0 aliphatic rings. The number of sulfonamides is 1. The molecule has 1 aromatic heterocycles. The second kappa shape index (κ2) is 7.36. The Morgan fingerprint density at radius 2 is 1.73 bits per heavy atom. The summed E-state index contributed by atoms with van der Waals surface area (Å²) < 4.78 is 31.3. The van der Waals surface area contributed by atoms with Crippen LogP contribution < -0.4 is 10.0 Å². The van der Waals surface area contributed by atoms with Crippen LogP contribution in [-0.4, -0.2) is 24.5 Å². The van der Waals surface area contributed by atoms with Crippen molar-refractivity contribution in [1.29, 1.82) is 0 Å². The van der Waals surface area contributed by atoms with Crippen molar-refractivity contribution in [3.8, 4) is 11.5 Å². The summed E-state index contributed by atoms with van der Waals surface area (Å²) in [6.07, 6.45) is 0. The van der Waals surface area contributed by atoms with E-state index in [2.05, 4.69) is 15.5 Å². The van der Waals surface area contributed by atoms with E-state index in [9.17, 15) is 13.2 Å². The number of aromatic nitrogens is 2.